The monoisotopic (exact) mass is 328 g/mol. The summed E-state index contributed by atoms with van der Waals surface area (Å²) in [6.07, 6.45) is 4.06. The molecule has 1 saturated heterocycles. The standard InChI is InChI=1S/C17H24N6O/c1-21(2)12-14-5-7-15(8-6-14)16-4-3-10-23(16)17(24)9-11-22-13-18-19-20-22/h5-8,13,16H,3-4,9-12H2,1-2H3/t16-/m0/s1. The Kier molecular flexibility index (Phi) is 5.20. The maximum atomic E-state index is 12.6. The average molecular weight is 328 g/mol. The van der Waals surface area contributed by atoms with E-state index in [2.05, 4.69) is 58.8 Å². The number of tetrazole rings is 1. The molecule has 0 spiro atoms. The first-order valence-electron chi connectivity index (χ1n) is 8.37. The summed E-state index contributed by atoms with van der Waals surface area (Å²) < 4.78 is 1.60. The average Bonchev–Trinajstić information content (AvgIpc) is 3.24. The van der Waals surface area contributed by atoms with Gasteiger partial charge < -0.3 is 9.80 Å². The van der Waals surface area contributed by atoms with Crippen molar-refractivity contribution in [2.45, 2.75) is 38.4 Å². The molecule has 7 heteroatoms. The zero-order valence-corrected chi connectivity index (χ0v) is 14.3. The van der Waals surface area contributed by atoms with E-state index in [0.717, 1.165) is 25.9 Å². The third kappa shape index (κ3) is 3.97. The molecule has 0 N–H and O–H groups in total. The second kappa shape index (κ2) is 7.53. The van der Waals surface area contributed by atoms with Gasteiger partial charge in [0.25, 0.3) is 0 Å². The molecule has 3 rings (SSSR count). The Morgan fingerprint density at radius 2 is 2.08 bits per heavy atom. The van der Waals surface area contributed by atoms with Crippen LogP contribution in [-0.2, 0) is 17.9 Å². The summed E-state index contributed by atoms with van der Waals surface area (Å²) in [5.74, 6) is 0.172. The van der Waals surface area contributed by atoms with Crippen LogP contribution in [0.25, 0.3) is 0 Å². The molecular weight excluding hydrogens is 304 g/mol. The smallest absolute Gasteiger partial charge is 0.224 e. The second-order valence-electron chi connectivity index (χ2n) is 6.55. The summed E-state index contributed by atoms with van der Waals surface area (Å²) in [5.41, 5.74) is 2.52. The van der Waals surface area contributed by atoms with Crippen molar-refractivity contribution < 1.29 is 4.79 Å². The van der Waals surface area contributed by atoms with E-state index in [-0.39, 0.29) is 11.9 Å². The Hall–Kier alpha value is -2.28. The van der Waals surface area contributed by atoms with Gasteiger partial charge in [-0.3, -0.25) is 4.79 Å². The molecule has 24 heavy (non-hydrogen) atoms. The number of likely N-dealkylation sites (tertiary alicyclic amines) is 1. The van der Waals surface area contributed by atoms with Gasteiger partial charge in [0.1, 0.15) is 6.33 Å². The number of carbonyl (C=O) groups excluding carboxylic acids is 1. The van der Waals surface area contributed by atoms with E-state index in [4.69, 9.17) is 0 Å². The molecule has 128 valence electrons. The minimum Gasteiger partial charge on any atom is -0.336 e. The molecule has 1 aromatic heterocycles. The number of aromatic nitrogens is 4. The van der Waals surface area contributed by atoms with Gasteiger partial charge in [-0.25, -0.2) is 4.68 Å². The summed E-state index contributed by atoms with van der Waals surface area (Å²) in [6.45, 7) is 2.29. The van der Waals surface area contributed by atoms with E-state index < -0.39 is 0 Å². The van der Waals surface area contributed by atoms with Crippen molar-refractivity contribution in [2.75, 3.05) is 20.6 Å². The lowest BCUT2D eigenvalue weighted by Gasteiger charge is -2.25. The fraction of sp³-hybridized carbons (Fsp3) is 0.529. The molecule has 0 bridgehead atoms. The molecule has 1 aliphatic heterocycles. The number of hydrogen-bond acceptors (Lipinski definition) is 5. The van der Waals surface area contributed by atoms with Crippen LogP contribution in [0.4, 0.5) is 0 Å². The van der Waals surface area contributed by atoms with Crippen LogP contribution in [0.5, 0.6) is 0 Å². The lowest BCUT2D eigenvalue weighted by molar-refractivity contribution is -0.132. The third-order valence-electron chi connectivity index (χ3n) is 4.38. The van der Waals surface area contributed by atoms with Crippen molar-refractivity contribution in [3.05, 3.63) is 41.7 Å². The predicted octanol–water partition coefficient (Wildman–Crippen LogP) is 1.49. The maximum Gasteiger partial charge on any atom is 0.224 e. The molecule has 2 heterocycles. The van der Waals surface area contributed by atoms with Crippen LogP contribution in [0.15, 0.2) is 30.6 Å². The normalized spacial score (nSPS) is 17.6. The summed E-state index contributed by atoms with van der Waals surface area (Å²) in [7, 11) is 4.13. The maximum absolute atomic E-state index is 12.6. The number of carbonyl (C=O) groups is 1. The Morgan fingerprint density at radius 3 is 2.75 bits per heavy atom. The van der Waals surface area contributed by atoms with Gasteiger partial charge in [0.15, 0.2) is 0 Å². The van der Waals surface area contributed by atoms with Crippen molar-refractivity contribution in [3.8, 4) is 0 Å². The van der Waals surface area contributed by atoms with Crippen molar-refractivity contribution in [2.24, 2.45) is 0 Å². The molecule has 0 saturated carbocycles. The first kappa shape index (κ1) is 16.6. The van der Waals surface area contributed by atoms with Crippen molar-refractivity contribution in [1.82, 2.24) is 30.0 Å². The van der Waals surface area contributed by atoms with Gasteiger partial charge in [-0.1, -0.05) is 24.3 Å². The van der Waals surface area contributed by atoms with Gasteiger partial charge in [-0.05, 0) is 48.5 Å². The van der Waals surface area contributed by atoms with E-state index >= 15 is 0 Å². The molecule has 7 nitrogen and oxygen atoms in total. The summed E-state index contributed by atoms with van der Waals surface area (Å²) >= 11 is 0. The minimum atomic E-state index is 0.172. The molecule has 1 amide bonds. The highest BCUT2D eigenvalue weighted by atomic mass is 16.2. The highest BCUT2D eigenvalue weighted by molar-refractivity contribution is 5.77. The SMILES string of the molecule is CN(C)Cc1ccc([C@@H]2CCCN2C(=O)CCn2cnnn2)cc1. The Labute approximate surface area is 142 Å². The van der Waals surface area contributed by atoms with Crippen LogP contribution in [0.2, 0.25) is 0 Å². The number of rotatable bonds is 6. The summed E-state index contributed by atoms with van der Waals surface area (Å²) in [6, 6.07) is 8.85. The highest BCUT2D eigenvalue weighted by Crippen LogP contribution is 2.32. The molecule has 0 unspecified atom stereocenters. The molecule has 0 aliphatic carbocycles. The Balaban J connectivity index is 1.62. The van der Waals surface area contributed by atoms with Crippen LogP contribution >= 0.6 is 0 Å². The van der Waals surface area contributed by atoms with Crippen LogP contribution < -0.4 is 0 Å². The van der Waals surface area contributed by atoms with Crippen LogP contribution in [0.1, 0.15) is 36.4 Å². The largest absolute Gasteiger partial charge is 0.336 e. The number of nitrogens with zero attached hydrogens (tertiary/aromatic N) is 6. The fourth-order valence-electron chi connectivity index (χ4n) is 3.26. The zero-order chi connectivity index (χ0) is 16.9. The zero-order valence-electron chi connectivity index (χ0n) is 14.3. The fourth-order valence-corrected chi connectivity index (χ4v) is 3.26. The number of benzene rings is 1. The third-order valence-corrected chi connectivity index (χ3v) is 4.38. The highest BCUT2D eigenvalue weighted by Gasteiger charge is 2.29. The first-order valence-corrected chi connectivity index (χ1v) is 8.37. The van der Waals surface area contributed by atoms with Crippen molar-refractivity contribution in [1.29, 1.82) is 0 Å². The van der Waals surface area contributed by atoms with Crippen molar-refractivity contribution in [3.63, 3.8) is 0 Å². The first-order chi connectivity index (χ1) is 11.6. The van der Waals surface area contributed by atoms with E-state index in [1.54, 1.807) is 4.68 Å². The van der Waals surface area contributed by atoms with Crippen molar-refractivity contribution >= 4 is 5.91 Å². The lowest BCUT2D eigenvalue weighted by atomic mass is 10.0. The van der Waals surface area contributed by atoms with Gasteiger partial charge in [-0.2, -0.15) is 0 Å². The van der Waals surface area contributed by atoms with Gasteiger partial charge in [0.05, 0.1) is 12.6 Å². The van der Waals surface area contributed by atoms with Gasteiger partial charge >= 0.3 is 0 Å². The van der Waals surface area contributed by atoms with Crippen LogP contribution in [0.3, 0.4) is 0 Å². The molecule has 2 aromatic rings. The Morgan fingerprint density at radius 1 is 1.29 bits per heavy atom. The van der Waals surface area contributed by atoms with E-state index in [9.17, 15) is 4.79 Å². The summed E-state index contributed by atoms with van der Waals surface area (Å²) in [4.78, 5) is 16.7. The molecular formula is C17H24N6O. The number of aryl methyl sites for hydroxylation is 1. The molecule has 1 atom stereocenters. The van der Waals surface area contributed by atoms with Gasteiger partial charge in [0.2, 0.25) is 5.91 Å². The second-order valence-corrected chi connectivity index (χ2v) is 6.55. The van der Waals surface area contributed by atoms with Gasteiger partial charge in [-0.15, -0.1) is 5.10 Å². The van der Waals surface area contributed by atoms with E-state index in [1.807, 2.05) is 4.90 Å². The quantitative estimate of drug-likeness (QED) is 0.804. The molecule has 1 aliphatic rings. The van der Waals surface area contributed by atoms with Crippen LogP contribution in [-0.4, -0.2) is 56.6 Å². The van der Waals surface area contributed by atoms with E-state index in [0.29, 0.717) is 13.0 Å². The Bertz CT molecular complexity index is 652. The predicted molar refractivity (Wildman–Crippen MR) is 90.0 cm³/mol. The topological polar surface area (TPSA) is 67.2 Å². The molecule has 1 aromatic carbocycles. The number of amides is 1. The summed E-state index contributed by atoms with van der Waals surface area (Å²) in [5, 5.41) is 11.0. The van der Waals surface area contributed by atoms with Gasteiger partial charge in [0, 0.05) is 19.5 Å². The van der Waals surface area contributed by atoms with Crippen LogP contribution in [0, 0.1) is 0 Å². The lowest BCUT2D eigenvalue weighted by Crippen LogP contribution is -2.31. The minimum absolute atomic E-state index is 0.172. The molecule has 1 fully saturated rings. The van der Waals surface area contributed by atoms with E-state index in [1.165, 1.54) is 17.5 Å². The number of hydrogen-bond donors (Lipinski definition) is 0. The molecule has 0 radical (unpaired) electrons.